The molecule has 0 bridgehead atoms. The van der Waals surface area contributed by atoms with Gasteiger partial charge in [0, 0.05) is 12.1 Å². The second-order valence-corrected chi connectivity index (χ2v) is 4.36. The van der Waals surface area contributed by atoms with E-state index in [2.05, 4.69) is 5.32 Å². The Bertz CT molecular complexity index is 392. The van der Waals surface area contributed by atoms with Crippen LogP contribution in [-0.2, 0) is 0 Å². The largest absolute Gasteiger partial charge is 0.507 e. The molecule has 0 aliphatic rings. The molecule has 0 radical (unpaired) electrons. The Balaban J connectivity index is 2.82. The summed E-state index contributed by atoms with van der Waals surface area (Å²) in [5.74, 6) is -0.353. The van der Waals surface area contributed by atoms with E-state index in [1.54, 1.807) is 18.2 Å². The number of aromatic hydroxyl groups is 1. The highest BCUT2D eigenvalue weighted by atomic mass is 16.3. The third-order valence-electron chi connectivity index (χ3n) is 3.01. The van der Waals surface area contributed by atoms with E-state index < -0.39 is 5.54 Å². The van der Waals surface area contributed by atoms with Gasteiger partial charge in [0.1, 0.15) is 5.75 Å². The zero-order chi connectivity index (χ0) is 12.9. The summed E-state index contributed by atoms with van der Waals surface area (Å²) < 4.78 is 0. The normalized spacial score (nSPS) is 14.1. The van der Waals surface area contributed by atoms with E-state index in [-0.39, 0.29) is 23.8 Å². The molecule has 0 heterocycles. The number of aliphatic hydroxyl groups excluding tert-OH is 1. The molecule has 1 aromatic carbocycles. The van der Waals surface area contributed by atoms with Crippen LogP contribution >= 0.6 is 0 Å². The van der Waals surface area contributed by atoms with Gasteiger partial charge in [-0.3, -0.25) is 4.79 Å². The minimum Gasteiger partial charge on any atom is -0.507 e. The molecule has 4 nitrogen and oxygen atoms in total. The summed E-state index contributed by atoms with van der Waals surface area (Å²) in [5.41, 5.74) is -0.196. The first-order valence-corrected chi connectivity index (χ1v) is 5.74. The summed E-state index contributed by atoms with van der Waals surface area (Å²) in [4.78, 5) is 12.0. The molecule has 0 aliphatic heterocycles. The van der Waals surface area contributed by atoms with Crippen LogP contribution < -0.4 is 5.32 Å². The minimum absolute atomic E-state index is 0.0192. The lowest BCUT2D eigenvalue weighted by molar-refractivity contribution is 0.0883. The maximum absolute atomic E-state index is 12.0. The maximum Gasteiger partial charge on any atom is 0.255 e. The van der Waals surface area contributed by atoms with Crippen molar-refractivity contribution in [2.45, 2.75) is 32.2 Å². The van der Waals surface area contributed by atoms with Crippen molar-refractivity contribution < 1.29 is 15.0 Å². The molecule has 0 saturated carbocycles. The number of hydrogen-bond donors (Lipinski definition) is 3. The van der Waals surface area contributed by atoms with Crippen LogP contribution in [0.1, 0.15) is 37.0 Å². The summed E-state index contributed by atoms with van der Waals surface area (Å²) in [6.07, 6.45) is 1.20. The number of aliphatic hydroxyl groups is 1. The van der Waals surface area contributed by atoms with Gasteiger partial charge in [-0.2, -0.15) is 0 Å². The number of nitrogens with one attached hydrogen (secondary N) is 1. The van der Waals surface area contributed by atoms with Crippen LogP contribution in [0.15, 0.2) is 24.3 Å². The van der Waals surface area contributed by atoms with E-state index >= 15 is 0 Å². The van der Waals surface area contributed by atoms with Crippen LogP contribution in [0.4, 0.5) is 0 Å². The Labute approximate surface area is 101 Å². The van der Waals surface area contributed by atoms with Crippen LogP contribution in [-0.4, -0.2) is 28.3 Å². The van der Waals surface area contributed by atoms with Gasteiger partial charge in [0.25, 0.3) is 5.91 Å². The summed E-state index contributed by atoms with van der Waals surface area (Å²) in [6.45, 7) is 3.84. The Morgan fingerprint density at radius 3 is 2.59 bits per heavy atom. The molecule has 94 valence electrons. The van der Waals surface area contributed by atoms with Crippen molar-refractivity contribution in [2.75, 3.05) is 6.61 Å². The summed E-state index contributed by atoms with van der Waals surface area (Å²) in [7, 11) is 0. The molecule has 17 heavy (non-hydrogen) atoms. The first-order chi connectivity index (χ1) is 8.02. The molecule has 1 aromatic rings. The van der Waals surface area contributed by atoms with Crippen molar-refractivity contribution in [3.05, 3.63) is 29.8 Å². The van der Waals surface area contributed by atoms with Crippen LogP contribution in [0.3, 0.4) is 0 Å². The van der Waals surface area contributed by atoms with E-state index in [0.717, 1.165) is 0 Å². The Morgan fingerprint density at radius 1 is 1.41 bits per heavy atom. The van der Waals surface area contributed by atoms with Crippen molar-refractivity contribution >= 4 is 5.91 Å². The Kier molecular flexibility index (Phi) is 4.52. The first-order valence-electron chi connectivity index (χ1n) is 5.74. The van der Waals surface area contributed by atoms with Gasteiger partial charge in [0.15, 0.2) is 0 Å². The topological polar surface area (TPSA) is 69.6 Å². The SMILES string of the molecule is CCC(C)(CCO)NC(=O)c1ccccc1O. The molecule has 0 saturated heterocycles. The number of phenolic OH excluding ortho intramolecular Hbond substituents is 1. The van der Waals surface area contributed by atoms with E-state index in [1.165, 1.54) is 6.07 Å². The van der Waals surface area contributed by atoms with Crippen molar-refractivity contribution in [2.24, 2.45) is 0 Å². The van der Waals surface area contributed by atoms with Gasteiger partial charge in [0.05, 0.1) is 5.56 Å². The van der Waals surface area contributed by atoms with Crippen LogP contribution in [0.2, 0.25) is 0 Å². The number of benzene rings is 1. The van der Waals surface area contributed by atoms with E-state index in [1.807, 2.05) is 13.8 Å². The predicted molar refractivity (Wildman–Crippen MR) is 66.0 cm³/mol. The summed E-state index contributed by atoms with van der Waals surface area (Å²) in [5, 5.41) is 21.4. The third kappa shape index (κ3) is 3.46. The van der Waals surface area contributed by atoms with E-state index in [4.69, 9.17) is 5.11 Å². The zero-order valence-corrected chi connectivity index (χ0v) is 10.2. The molecule has 3 N–H and O–H groups in total. The lowest BCUT2D eigenvalue weighted by Crippen LogP contribution is -2.46. The third-order valence-corrected chi connectivity index (χ3v) is 3.01. The standard InChI is InChI=1S/C13H19NO3/c1-3-13(2,8-9-15)14-12(17)10-6-4-5-7-11(10)16/h4-7,15-16H,3,8-9H2,1-2H3,(H,14,17). The zero-order valence-electron chi connectivity index (χ0n) is 10.2. The quantitative estimate of drug-likeness (QED) is 0.729. The van der Waals surface area contributed by atoms with E-state index in [0.29, 0.717) is 12.8 Å². The number of carbonyl (C=O) groups excluding carboxylic acids is 1. The molecule has 1 rings (SSSR count). The fraction of sp³-hybridized carbons (Fsp3) is 0.462. The van der Waals surface area contributed by atoms with E-state index in [9.17, 15) is 9.90 Å². The van der Waals surface area contributed by atoms with Gasteiger partial charge in [-0.05, 0) is 31.9 Å². The number of phenols is 1. The van der Waals surface area contributed by atoms with Crippen molar-refractivity contribution in [1.29, 1.82) is 0 Å². The molecule has 0 aromatic heterocycles. The molecule has 0 fully saturated rings. The van der Waals surface area contributed by atoms with Gasteiger partial charge in [0.2, 0.25) is 0 Å². The van der Waals surface area contributed by atoms with Crippen molar-refractivity contribution in [1.82, 2.24) is 5.32 Å². The van der Waals surface area contributed by atoms with Gasteiger partial charge < -0.3 is 15.5 Å². The maximum atomic E-state index is 12.0. The molecule has 0 aliphatic carbocycles. The Morgan fingerprint density at radius 2 is 2.06 bits per heavy atom. The molecular weight excluding hydrogens is 218 g/mol. The summed E-state index contributed by atoms with van der Waals surface area (Å²) >= 11 is 0. The number of para-hydroxylation sites is 1. The molecule has 0 spiro atoms. The average molecular weight is 237 g/mol. The molecule has 4 heteroatoms. The highest BCUT2D eigenvalue weighted by molar-refractivity contribution is 5.97. The second-order valence-electron chi connectivity index (χ2n) is 4.36. The van der Waals surface area contributed by atoms with Crippen LogP contribution in [0.5, 0.6) is 5.75 Å². The molecular formula is C13H19NO3. The van der Waals surface area contributed by atoms with Crippen molar-refractivity contribution in [3.8, 4) is 5.75 Å². The van der Waals surface area contributed by atoms with Gasteiger partial charge in [-0.25, -0.2) is 0 Å². The van der Waals surface area contributed by atoms with Crippen molar-refractivity contribution in [3.63, 3.8) is 0 Å². The number of amides is 1. The lowest BCUT2D eigenvalue weighted by atomic mass is 9.94. The van der Waals surface area contributed by atoms with Gasteiger partial charge in [-0.1, -0.05) is 19.1 Å². The summed E-state index contributed by atoms with van der Waals surface area (Å²) in [6, 6.07) is 6.41. The van der Waals surface area contributed by atoms with Gasteiger partial charge in [-0.15, -0.1) is 0 Å². The highest BCUT2D eigenvalue weighted by Crippen LogP contribution is 2.19. The average Bonchev–Trinajstić information content (AvgIpc) is 2.29. The Hall–Kier alpha value is -1.55. The number of carbonyl (C=O) groups is 1. The van der Waals surface area contributed by atoms with Crippen LogP contribution in [0.25, 0.3) is 0 Å². The fourth-order valence-electron chi connectivity index (χ4n) is 1.58. The molecule has 1 amide bonds. The molecule has 1 atom stereocenters. The number of rotatable bonds is 5. The second kappa shape index (κ2) is 5.68. The fourth-order valence-corrected chi connectivity index (χ4v) is 1.58. The minimum atomic E-state index is -0.450. The van der Waals surface area contributed by atoms with Gasteiger partial charge >= 0.3 is 0 Å². The predicted octanol–water partition coefficient (Wildman–Crippen LogP) is 1.67. The first kappa shape index (κ1) is 13.5. The van der Waals surface area contributed by atoms with Crippen LogP contribution in [0, 0.1) is 0 Å². The lowest BCUT2D eigenvalue weighted by Gasteiger charge is -2.29. The highest BCUT2D eigenvalue weighted by Gasteiger charge is 2.25. The number of hydrogen-bond acceptors (Lipinski definition) is 3. The smallest absolute Gasteiger partial charge is 0.255 e. The monoisotopic (exact) mass is 237 g/mol. The molecule has 1 unspecified atom stereocenters.